The van der Waals surface area contributed by atoms with Crippen LogP contribution in [0.2, 0.25) is 0 Å². The molecule has 108 valence electrons. The molecule has 1 atom stereocenters. The minimum Gasteiger partial charge on any atom is -0.385 e. The van der Waals surface area contributed by atoms with Crippen molar-refractivity contribution in [2.24, 2.45) is 0 Å². The number of rotatable bonds is 8. The molecule has 0 aliphatic rings. The summed E-state index contributed by atoms with van der Waals surface area (Å²) in [7, 11) is 3.69. The SMILES string of the molecule is CNC(COCCCOC)c1cccc2ccccc12. The van der Waals surface area contributed by atoms with Crippen molar-refractivity contribution in [2.45, 2.75) is 12.5 Å². The standard InChI is InChI=1S/C17H23NO2/c1-18-17(13-20-12-6-11-19-2)16-10-5-8-14-7-3-4-9-15(14)16/h3-5,7-10,17-18H,6,11-13H2,1-2H3. The van der Waals surface area contributed by atoms with E-state index in [4.69, 9.17) is 9.47 Å². The summed E-state index contributed by atoms with van der Waals surface area (Å²) in [6, 6.07) is 15.1. The van der Waals surface area contributed by atoms with E-state index in [9.17, 15) is 0 Å². The first-order valence-electron chi connectivity index (χ1n) is 7.08. The zero-order valence-electron chi connectivity index (χ0n) is 12.3. The maximum Gasteiger partial charge on any atom is 0.0661 e. The van der Waals surface area contributed by atoms with E-state index in [2.05, 4.69) is 47.8 Å². The highest BCUT2D eigenvalue weighted by Crippen LogP contribution is 2.24. The monoisotopic (exact) mass is 273 g/mol. The highest BCUT2D eigenvalue weighted by Gasteiger charge is 2.12. The summed E-state index contributed by atoms with van der Waals surface area (Å²) in [4.78, 5) is 0. The van der Waals surface area contributed by atoms with Crippen molar-refractivity contribution in [1.82, 2.24) is 5.32 Å². The van der Waals surface area contributed by atoms with Crippen LogP contribution in [0.4, 0.5) is 0 Å². The van der Waals surface area contributed by atoms with E-state index in [0.29, 0.717) is 6.61 Å². The van der Waals surface area contributed by atoms with Crippen molar-refractivity contribution in [3.8, 4) is 0 Å². The second kappa shape index (κ2) is 8.00. The fourth-order valence-electron chi connectivity index (χ4n) is 2.39. The molecule has 0 aliphatic carbocycles. The summed E-state index contributed by atoms with van der Waals surface area (Å²) in [6.07, 6.45) is 0.933. The molecular formula is C17H23NO2. The first-order valence-corrected chi connectivity index (χ1v) is 7.08. The molecule has 0 saturated heterocycles. The van der Waals surface area contributed by atoms with Crippen molar-refractivity contribution in [3.05, 3.63) is 48.0 Å². The van der Waals surface area contributed by atoms with Crippen LogP contribution in [0.25, 0.3) is 10.8 Å². The Bertz CT molecular complexity index is 522. The lowest BCUT2D eigenvalue weighted by Gasteiger charge is -2.19. The Kier molecular flexibility index (Phi) is 5.99. The summed E-state index contributed by atoms with van der Waals surface area (Å²) >= 11 is 0. The number of nitrogens with one attached hydrogen (secondary N) is 1. The Labute approximate surface area is 120 Å². The summed E-state index contributed by atoms with van der Waals surface area (Å²) in [5.74, 6) is 0. The van der Waals surface area contributed by atoms with Gasteiger partial charge in [0.1, 0.15) is 0 Å². The van der Waals surface area contributed by atoms with Gasteiger partial charge in [-0.2, -0.15) is 0 Å². The normalized spacial score (nSPS) is 12.7. The Morgan fingerprint density at radius 2 is 1.85 bits per heavy atom. The molecule has 0 radical (unpaired) electrons. The smallest absolute Gasteiger partial charge is 0.0661 e. The van der Waals surface area contributed by atoms with Crippen LogP contribution in [-0.2, 0) is 9.47 Å². The number of fused-ring (bicyclic) bond motifs is 1. The minimum atomic E-state index is 0.212. The molecule has 0 fully saturated rings. The molecule has 0 saturated carbocycles. The summed E-state index contributed by atoms with van der Waals surface area (Å²) < 4.78 is 10.8. The number of methoxy groups -OCH3 is 1. The molecule has 0 bridgehead atoms. The Morgan fingerprint density at radius 3 is 2.65 bits per heavy atom. The van der Waals surface area contributed by atoms with Gasteiger partial charge in [-0.05, 0) is 29.8 Å². The zero-order chi connectivity index (χ0) is 14.2. The van der Waals surface area contributed by atoms with E-state index in [1.807, 2.05) is 7.05 Å². The van der Waals surface area contributed by atoms with Gasteiger partial charge in [0.25, 0.3) is 0 Å². The van der Waals surface area contributed by atoms with Crippen molar-refractivity contribution in [2.75, 3.05) is 34.0 Å². The quantitative estimate of drug-likeness (QED) is 0.749. The van der Waals surface area contributed by atoms with Crippen LogP contribution in [0.5, 0.6) is 0 Å². The summed E-state index contributed by atoms with van der Waals surface area (Å²) in [5, 5.41) is 5.90. The van der Waals surface area contributed by atoms with Crippen molar-refractivity contribution >= 4 is 10.8 Å². The molecule has 1 N–H and O–H groups in total. The van der Waals surface area contributed by atoms with Gasteiger partial charge >= 0.3 is 0 Å². The maximum absolute atomic E-state index is 5.75. The van der Waals surface area contributed by atoms with Gasteiger partial charge in [-0.3, -0.25) is 0 Å². The number of ether oxygens (including phenoxy) is 2. The molecule has 2 rings (SSSR count). The number of hydrogen-bond donors (Lipinski definition) is 1. The van der Waals surface area contributed by atoms with E-state index in [1.165, 1.54) is 16.3 Å². The van der Waals surface area contributed by atoms with E-state index in [0.717, 1.165) is 19.6 Å². The molecule has 0 heterocycles. The van der Waals surface area contributed by atoms with E-state index in [-0.39, 0.29) is 6.04 Å². The third-order valence-corrected chi connectivity index (χ3v) is 3.47. The number of likely N-dealkylation sites (N-methyl/N-ethyl adjacent to an activating group) is 1. The Morgan fingerprint density at radius 1 is 1.05 bits per heavy atom. The molecule has 3 heteroatoms. The van der Waals surface area contributed by atoms with Gasteiger partial charge in [-0.1, -0.05) is 42.5 Å². The van der Waals surface area contributed by atoms with Gasteiger partial charge < -0.3 is 14.8 Å². The van der Waals surface area contributed by atoms with Crippen molar-refractivity contribution in [1.29, 1.82) is 0 Å². The topological polar surface area (TPSA) is 30.5 Å². The first kappa shape index (κ1) is 15.0. The van der Waals surface area contributed by atoms with Crippen LogP contribution in [0.15, 0.2) is 42.5 Å². The van der Waals surface area contributed by atoms with Gasteiger partial charge in [-0.15, -0.1) is 0 Å². The summed E-state index contributed by atoms with van der Waals surface area (Å²) in [5.41, 5.74) is 1.29. The van der Waals surface area contributed by atoms with Crippen LogP contribution in [-0.4, -0.2) is 34.0 Å². The lowest BCUT2D eigenvalue weighted by atomic mass is 9.99. The van der Waals surface area contributed by atoms with Gasteiger partial charge in [0.05, 0.1) is 12.6 Å². The predicted molar refractivity (Wildman–Crippen MR) is 83.1 cm³/mol. The van der Waals surface area contributed by atoms with E-state index >= 15 is 0 Å². The predicted octanol–water partition coefficient (Wildman–Crippen LogP) is 3.15. The largest absolute Gasteiger partial charge is 0.385 e. The molecule has 2 aromatic rings. The Hall–Kier alpha value is -1.42. The molecule has 2 aromatic carbocycles. The molecule has 0 amide bonds. The number of benzene rings is 2. The van der Waals surface area contributed by atoms with Crippen molar-refractivity contribution in [3.63, 3.8) is 0 Å². The third-order valence-electron chi connectivity index (χ3n) is 3.47. The second-order valence-corrected chi connectivity index (χ2v) is 4.83. The Balaban J connectivity index is 2.05. The molecular weight excluding hydrogens is 250 g/mol. The highest BCUT2D eigenvalue weighted by atomic mass is 16.5. The zero-order valence-corrected chi connectivity index (χ0v) is 12.3. The van der Waals surface area contributed by atoms with Gasteiger partial charge in [0.15, 0.2) is 0 Å². The molecule has 0 aliphatic heterocycles. The van der Waals surface area contributed by atoms with Gasteiger partial charge in [0, 0.05) is 20.3 Å². The molecule has 3 nitrogen and oxygen atoms in total. The highest BCUT2D eigenvalue weighted by molar-refractivity contribution is 5.86. The lowest BCUT2D eigenvalue weighted by molar-refractivity contribution is 0.0891. The lowest BCUT2D eigenvalue weighted by Crippen LogP contribution is -2.22. The van der Waals surface area contributed by atoms with Crippen LogP contribution in [0, 0.1) is 0 Å². The fraction of sp³-hybridized carbons (Fsp3) is 0.412. The van der Waals surface area contributed by atoms with Crippen LogP contribution in [0.1, 0.15) is 18.0 Å². The molecule has 0 spiro atoms. The van der Waals surface area contributed by atoms with Crippen LogP contribution >= 0.6 is 0 Å². The van der Waals surface area contributed by atoms with Gasteiger partial charge in [0.2, 0.25) is 0 Å². The van der Waals surface area contributed by atoms with Crippen molar-refractivity contribution < 1.29 is 9.47 Å². The average Bonchev–Trinajstić information content (AvgIpc) is 2.51. The maximum atomic E-state index is 5.75. The molecule has 0 aromatic heterocycles. The molecule has 1 unspecified atom stereocenters. The van der Waals surface area contributed by atoms with Gasteiger partial charge in [-0.25, -0.2) is 0 Å². The van der Waals surface area contributed by atoms with E-state index < -0.39 is 0 Å². The minimum absolute atomic E-state index is 0.212. The van der Waals surface area contributed by atoms with Crippen LogP contribution in [0.3, 0.4) is 0 Å². The second-order valence-electron chi connectivity index (χ2n) is 4.83. The first-order chi connectivity index (χ1) is 9.86. The van der Waals surface area contributed by atoms with E-state index in [1.54, 1.807) is 7.11 Å². The van der Waals surface area contributed by atoms with Crippen LogP contribution < -0.4 is 5.32 Å². The summed E-state index contributed by atoms with van der Waals surface area (Å²) in [6.45, 7) is 2.16. The molecule has 20 heavy (non-hydrogen) atoms. The third kappa shape index (κ3) is 3.79. The number of hydrogen-bond acceptors (Lipinski definition) is 3. The fourth-order valence-corrected chi connectivity index (χ4v) is 2.39. The average molecular weight is 273 g/mol.